The zero-order chi connectivity index (χ0) is 18.8. The number of rotatable bonds is 4. The lowest BCUT2D eigenvalue weighted by Crippen LogP contribution is -2.17. The second-order valence-electron chi connectivity index (χ2n) is 5.96. The van der Waals surface area contributed by atoms with Crippen LogP contribution >= 0.6 is 0 Å². The summed E-state index contributed by atoms with van der Waals surface area (Å²) in [6, 6.07) is 13.6. The maximum atomic E-state index is 14.3. The molecule has 0 saturated carbocycles. The van der Waals surface area contributed by atoms with Gasteiger partial charge in [-0.15, -0.1) is 0 Å². The van der Waals surface area contributed by atoms with Gasteiger partial charge in [-0.2, -0.15) is 5.10 Å². The van der Waals surface area contributed by atoms with Gasteiger partial charge in [0.15, 0.2) is 5.82 Å². The van der Waals surface area contributed by atoms with Gasteiger partial charge in [0.1, 0.15) is 22.9 Å². The van der Waals surface area contributed by atoms with E-state index in [4.69, 9.17) is 0 Å². The van der Waals surface area contributed by atoms with Crippen LogP contribution in [0.3, 0.4) is 0 Å². The smallest absolute Gasteiger partial charge is 0.262 e. The van der Waals surface area contributed by atoms with Gasteiger partial charge in [0.05, 0.1) is 6.20 Å². The van der Waals surface area contributed by atoms with Crippen molar-refractivity contribution >= 4 is 11.7 Å². The van der Waals surface area contributed by atoms with E-state index in [-0.39, 0.29) is 11.6 Å². The van der Waals surface area contributed by atoms with E-state index in [1.165, 1.54) is 16.9 Å². The van der Waals surface area contributed by atoms with Crippen molar-refractivity contribution in [2.24, 2.45) is 0 Å². The van der Waals surface area contributed by atoms with Crippen LogP contribution in [0.4, 0.5) is 10.2 Å². The van der Waals surface area contributed by atoms with Gasteiger partial charge < -0.3 is 9.88 Å². The average molecular weight is 361 g/mol. The number of para-hydroxylation sites is 1. The van der Waals surface area contributed by atoms with Crippen molar-refractivity contribution in [3.05, 3.63) is 90.3 Å². The molecule has 1 N–H and O–H groups in total. The Morgan fingerprint density at radius 2 is 1.85 bits per heavy atom. The highest BCUT2D eigenvalue weighted by Crippen LogP contribution is 2.23. The van der Waals surface area contributed by atoms with Gasteiger partial charge >= 0.3 is 0 Å². The molecule has 1 amide bonds. The third-order valence-electron chi connectivity index (χ3n) is 4.16. The van der Waals surface area contributed by atoms with E-state index in [9.17, 15) is 9.18 Å². The fourth-order valence-corrected chi connectivity index (χ4v) is 2.82. The molecule has 4 aromatic rings. The van der Waals surface area contributed by atoms with Crippen molar-refractivity contribution < 1.29 is 9.18 Å². The number of carbonyl (C=O) groups excluding carboxylic acids is 1. The number of halogens is 1. The second-order valence-corrected chi connectivity index (χ2v) is 5.96. The van der Waals surface area contributed by atoms with Crippen LogP contribution < -0.4 is 5.32 Å². The molecule has 27 heavy (non-hydrogen) atoms. The summed E-state index contributed by atoms with van der Waals surface area (Å²) in [6.45, 7) is 1.86. The molecule has 3 aromatic heterocycles. The number of hydrogen-bond acceptors (Lipinski definition) is 3. The van der Waals surface area contributed by atoms with Crippen LogP contribution in [0.2, 0.25) is 0 Å². The van der Waals surface area contributed by atoms with Crippen LogP contribution in [0.1, 0.15) is 15.9 Å². The summed E-state index contributed by atoms with van der Waals surface area (Å²) < 4.78 is 17.5. The molecule has 0 aliphatic carbocycles. The number of pyridine rings is 1. The molecular formula is C20H16FN5O. The Morgan fingerprint density at radius 1 is 1.07 bits per heavy atom. The highest BCUT2D eigenvalue weighted by atomic mass is 19.1. The SMILES string of the molecule is Cc1cccnc1NC(=O)c1cnn(-c2ccccc2F)c1-n1cccc1. The maximum Gasteiger partial charge on any atom is 0.262 e. The minimum Gasteiger partial charge on any atom is -0.308 e. The summed E-state index contributed by atoms with van der Waals surface area (Å²) in [6.07, 6.45) is 6.59. The molecule has 0 spiro atoms. The first-order valence-corrected chi connectivity index (χ1v) is 8.34. The number of amides is 1. The lowest BCUT2D eigenvalue weighted by atomic mass is 10.2. The monoisotopic (exact) mass is 361 g/mol. The minimum absolute atomic E-state index is 0.259. The van der Waals surface area contributed by atoms with Crippen LogP contribution in [-0.4, -0.2) is 25.2 Å². The first-order chi connectivity index (χ1) is 13.1. The Morgan fingerprint density at radius 3 is 2.59 bits per heavy atom. The van der Waals surface area contributed by atoms with Gasteiger partial charge in [-0.25, -0.2) is 14.1 Å². The Balaban J connectivity index is 1.81. The molecule has 0 atom stereocenters. The Bertz CT molecular complexity index is 1100. The van der Waals surface area contributed by atoms with Gasteiger partial charge in [-0.3, -0.25) is 4.79 Å². The standard InChI is InChI=1S/C20H16FN5O/c1-14-7-6-10-22-18(14)24-19(27)15-13-23-26(17-9-3-2-8-16(17)21)20(15)25-11-4-5-12-25/h2-13H,1H3,(H,22,24,27). The largest absolute Gasteiger partial charge is 0.308 e. The third-order valence-corrected chi connectivity index (χ3v) is 4.16. The Hall–Kier alpha value is -3.74. The third kappa shape index (κ3) is 3.10. The molecule has 0 aliphatic heterocycles. The van der Waals surface area contributed by atoms with E-state index in [1.807, 2.05) is 25.1 Å². The van der Waals surface area contributed by atoms with E-state index in [2.05, 4.69) is 15.4 Å². The topological polar surface area (TPSA) is 64.7 Å². The molecule has 0 fully saturated rings. The van der Waals surface area contributed by atoms with Gasteiger partial charge in [-0.05, 0) is 42.8 Å². The number of nitrogens with one attached hydrogen (secondary N) is 1. The van der Waals surface area contributed by atoms with Crippen molar-refractivity contribution in [3.8, 4) is 11.5 Å². The number of anilines is 1. The molecule has 0 bridgehead atoms. The Labute approximate surface area is 154 Å². The minimum atomic E-state index is -0.429. The van der Waals surface area contributed by atoms with Gasteiger partial charge in [0.25, 0.3) is 5.91 Å². The predicted octanol–water partition coefficient (Wildman–Crippen LogP) is 3.76. The van der Waals surface area contributed by atoms with Crippen LogP contribution in [0, 0.1) is 12.7 Å². The van der Waals surface area contributed by atoms with Crippen molar-refractivity contribution in [2.45, 2.75) is 6.92 Å². The molecule has 134 valence electrons. The summed E-state index contributed by atoms with van der Waals surface area (Å²) in [5.41, 5.74) is 1.41. The number of nitrogens with zero attached hydrogens (tertiary/aromatic N) is 4. The molecular weight excluding hydrogens is 345 g/mol. The first-order valence-electron chi connectivity index (χ1n) is 8.34. The molecule has 0 saturated heterocycles. The lowest BCUT2D eigenvalue weighted by molar-refractivity contribution is 0.102. The summed E-state index contributed by atoms with van der Waals surface area (Å²) in [5.74, 6) is 0.111. The molecule has 0 radical (unpaired) electrons. The van der Waals surface area contributed by atoms with E-state index in [0.717, 1.165) is 5.56 Å². The first kappa shape index (κ1) is 16.7. The fraction of sp³-hybridized carbons (Fsp3) is 0.0500. The molecule has 7 heteroatoms. The molecule has 1 aromatic carbocycles. The van der Waals surface area contributed by atoms with Crippen molar-refractivity contribution in [3.63, 3.8) is 0 Å². The van der Waals surface area contributed by atoms with Crippen LogP contribution in [-0.2, 0) is 0 Å². The number of aryl methyl sites for hydroxylation is 1. The lowest BCUT2D eigenvalue weighted by Gasteiger charge is -2.12. The zero-order valence-corrected chi connectivity index (χ0v) is 14.5. The summed E-state index contributed by atoms with van der Waals surface area (Å²) >= 11 is 0. The van der Waals surface area contributed by atoms with Gasteiger partial charge in [-0.1, -0.05) is 18.2 Å². The summed E-state index contributed by atoms with van der Waals surface area (Å²) in [5, 5.41) is 7.06. The maximum absolute atomic E-state index is 14.3. The fourth-order valence-electron chi connectivity index (χ4n) is 2.82. The van der Waals surface area contributed by atoms with Crippen molar-refractivity contribution in [1.82, 2.24) is 19.3 Å². The van der Waals surface area contributed by atoms with Gasteiger partial charge in [0, 0.05) is 18.6 Å². The number of carbonyl (C=O) groups is 1. The zero-order valence-electron chi connectivity index (χ0n) is 14.5. The summed E-state index contributed by atoms with van der Waals surface area (Å²) in [4.78, 5) is 17.1. The molecule has 3 heterocycles. The number of aromatic nitrogens is 4. The predicted molar refractivity (Wildman–Crippen MR) is 99.8 cm³/mol. The highest BCUT2D eigenvalue weighted by molar-refractivity contribution is 6.06. The quantitative estimate of drug-likeness (QED) is 0.602. The number of benzene rings is 1. The van der Waals surface area contributed by atoms with E-state index in [1.54, 1.807) is 47.4 Å². The van der Waals surface area contributed by atoms with Crippen LogP contribution in [0.5, 0.6) is 0 Å². The van der Waals surface area contributed by atoms with E-state index >= 15 is 0 Å². The normalized spacial score (nSPS) is 10.7. The molecule has 0 unspecified atom stereocenters. The molecule has 0 aliphatic rings. The van der Waals surface area contributed by atoms with Gasteiger partial charge in [0.2, 0.25) is 0 Å². The van der Waals surface area contributed by atoms with Crippen LogP contribution in [0.15, 0.2) is 73.3 Å². The van der Waals surface area contributed by atoms with Crippen LogP contribution in [0.25, 0.3) is 11.5 Å². The van der Waals surface area contributed by atoms with E-state index < -0.39 is 5.82 Å². The van der Waals surface area contributed by atoms with Crippen molar-refractivity contribution in [1.29, 1.82) is 0 Å². The average Bonchev–Trinajstić information content (AvgIpc) is 3.33. The molecule has 6 nitrogen and oxygen atoms in total. The second kappa shape index (κ2) is 6.87. The van der Waals surface area contributed by atoms with Crippen molar-refractivity contribution in [2.75, 3.05) is 5.32 Å². The Kier molecular flexibility index (Phi) is 4.25. The highest BCUT2D eigenvalue weighted by Gasteiger charge is 2.21. The van der Waals surface area contributed by atoms with E-state index in [0.29, 0.717) is 17.2 Å². The molecule has 4 rings (SSSR count). The number of hydrogen-bond donors (Lipinski definition) is 1. The summed E-state index contributed by atoms with van der Waals surface area (Å²) in [7, 11) is 0.